The minimum Gasteiger partial charge on any atom is -0.309 e. The predicted octanol–water partition coefficient (Wildman–Crippen LogP) is 1.26. The van der Waals surface area contributed by atoms with Gasteiger partial charge in [0.25, 0.3) is 0 Å². The molecule has 1 fully saturated rings. The van der Waals surface area contributed by atoms with Gasteiger partial charge in [0.2, 0.25) is 0 Å². The van der Waals surface area contributed by atoms with Crippen LogP contribution in [-0.2, 0) is 0 Å². The van der Waals surface area contributed by atoms with E-state index in [1.54, 1.807) is 0 Å². The third-order valence-corrected chi connectivity index (χ3v) is 1.92. The molecule has 1 unspecified atom stereocenters. The Bertz CT molecular complexity index is 258. The average molecular weight is 152 g/mol. The molecule has 0 radical (unpaired) electrons. The summed E-state index contributed by atoms with van der Waals surface area (Å²) in [5.74, 6) is -0.205. The first kappa shape index (κ1) is 6.73. The lowest BCUT2D eigenvalue weighted by Gasteiger charge is -2.26. The molecule has 1 aromatic heterocycles. The van der Waals surface area contributed by atoms with Crippen LogP contribution >= 0.6 is 0 Å². The van der Waals surface area contributed by atoms with Crippen LogP contribution in [0.1, 0.15) is 18.2 Å². The van der Waals surface area contributed by atoms with Crippen molar-refractivity contribution in [2.45, 2.75) is 12.5 Å². The van der Waals surface area contributed by atoms with Crippen molar-refractivity contribution in [3.05, 3.63) is 29.8 Å². The first-order chi connectivity index (χ1) is 5.36. The van der Waals surface area contributed by atoms with Crippen molar-refractivity contribution in [1.82, 2.24) is 10.3 Å². The molecule has 0 aliphatic carbocycles. The van der Waals surface area contributed by atoms with Gasteiger partial charge in [-0.05, 0) is 25.1 Å². The fourth-order valence-corrected chi connectivity index (χ4v) is 1.15. The number of hydrogen-bond acceptors (Lipinski definition) is 2. The molecule has 0 amide bonds. The molecule has 11 heavy (non-hydrogen) atoms. The number of halogens is 1. The Kier molecular flexibility index (Phi) is 1.58. The van der Waals surface area contributed by atoms with Gasteiger partial charge in [-0.1, -0.05) is 0 Å². The Balaban J connectivity index is 2.23. The van der Waals surface area contributed by atoms with E-state index in [-0.39, 0.29) is 11.9 Å². The molecule has 2 rings (SSSR count). The standard InChI is InChI=1S/C8H9FN2/c9-6-1-3-11-8(5-6)7-2-4-10-7/h1,3,5,7,10H,2,4H2. The number of rotatable bonds is 1. The summed E-state index contributed by atoms with van der Waals surface area (Å²) in [5.41, 5.74) is 0.816. The Hall–Kier alpha value is -0.960. The third kappa shape index (κ3) is 1.24. The average Bonchev–Trinajstić information content (AvgIpc) is 1.83. The van der Waals surface area contributed by atoms with Crippen molar-refractivity contribution in [1.29, 1.82) is 0 Å². The predicted molar refractivity (Wildman–Crippen MR) is 39.6 cm³/mol. The van der Waals surface area contributed by atoms with Crippen molar-refractivity contribution in [3.8, 4) is 0 Å². The molecule has 1 N–H and O–H groups in total. The SMILES string of the molecule is Fc1ccnc(C2CCN2)c1. The highest BCUT2D eigenvalue weighted by Gasteiger charge is 2.19. The molecular weight excluding hydrogens is 143 g/mol. The van der Waals surface area contributed by atoms with Crippen LogP contribution in [0, 0.1) is 5.82 Å². The van der Waals surface area contributed by atoms with E-state index in [1.807, 2.05) is 0 Å². The molecule has 1 aromatic rings. The van der Waals surface area contributed by atoms with Crippen molar-refractivity contribution in [3.63, 3.8) is 0 Å². The highest BCUT2D eigenvalue weighted by Crippen LogP contribution is 2.20. The smallest absolute Gasteiger partial charge is 0.126 e. The van der Waals surface area contributed by atoms with Crippen molar-refractivity contribution >= 4 is 0 Å². The van der Waals surface area contributed by atoms with Crippen LogP contribution in [0.5, 0.6) is 0 Å². The molecule has 0 bridgehead atoms. The fraction of sp³-hybridized carbons (Fsp3) is 0.375. The molecule has 1 saturated heterocycles. The van der Waals surface area contributed by atoms with E-state index >= 15 is 0 Å². The summed E-state index contributed by atoms with van der Waals surface area (Å²) in [4.78, 5) is 4.06. The fourth-order valence-electron chi connectivity index (χ4n) is 1.15. The Labute approximate surface area is 64.5 Å². The molecule has 0 aromatic carbocycles. The van der Waals surface area contributed by atoms with Gasteiger partial charge in [0.1, 0.15) is 5.82 Å². The maximum atomic E-state index is 12.6. The zero-order chi connectivity index (χ0) is 7.68. The lowest BCUT2D eigenvalue weighted by atomic mass is 10.0. The zero-order valence-electron chi connectivity index (χ0n) is 6.05. The van der Waals surface area contributed by atoms with Crippen LogP contribution in [0.4, 0.5) is 4.39 Å². The minimum atomic E-state index is -0.205. The van der Waals surface area contributed by atoms with Gasteiger partial charge in [-0.2, -0.15) is 0 Å². The van der Waals surface area contributed by atoms with Crippen LogP contribution in [0.2, 0.25) is 0 Å². The minimum absolute atomic E-state index is 0.205. The van der Waals surface area contributed by atoms with Gasteiger partial charge in [0, 0.05) is 6.20 Å². The van der Waals surface area contributed by atoms with Crippen LogP contribution in [0.3, 0.4) is 0 Å². The van der Waals surface area contributed by atoms with Gasteiger partial charge in [0.15, 0.2) is 0 Å². The maximum absolute atomic E-state index is 12.6. The lowest BCUT2D eigenvalue weighted by Crippen LogP contribution is -2.35. The molecular formula is C8H9FN2. The number of hydrogen-bond donors (Lipinski definition) is 1. The van der Waals surface area contributed by atoms with Crippen LogP contribution in [0.25, 0.3) is 0 Å². The Morgan fingerprint density at radius 2 is 2.45 bits per heavy atom. The second-order valence-corrected chi connectivity index (χ2v) is 2.69. The molecule has 0 saturated carbocycles. The van der Waals surface area contributed by atoms with Crippen LogP contribution in [0.15, 0.2) is 18.3 Å². The lowest BCUT2D eigenvalue weighted by molar-refractivity contribution is 0.373. The summed E-state index contributed by atoms with van der Waals surface area (Å²) < 4.78 is 12.6. The van der Waals surface area contributed by atoms with Gasteiger partial charge in [-0.3, -0.25) is 4.98 Å². The Morgan fingerprint density at radius 3 is 3.00 bits per heavy atom. The van der Waals surface area contributed by atoms with E-state index in [0.717, 1.165) is 18.7 Å². The van der Waals surface area contributed by atoms with Crippen molar-refractivity contribution < 1.29 is 4.39 Å². The summed E-state index contributed by atoms with van der Waals surface area (Å²) in [6.07, 6.45) is 2.57. The summed E-state index contributed by atoms with van der Waals surface area (Å²) in [6, 6.07) is 3.13. The monoisotopic (exact) mass is 152 g/mol. The molecule has 1 atom stereocenters. The van der Waals surface area contributed by atoms with Gasteiger partial charge in [-0.25, -0.2) is 4.39 Å². The van der Waals surface area contributed by atoms with Crippen molar-refractivity contribution in [2.24, 2.45) is 0 Å². The molecule has 2 nitrogen and oxygen atoms in total. The quantitative estimate of drug-likeness (QED) is 0.655. The van der Waals surface area contributed by atoms with E-state index < -0.39 is 0 Å². The van der Waals surface area contributed by atoms with E-state index in [1.165, 1.54) is 18.3 Å². The van der Waals surface area contributed by atoms with Gasteiger partial charge < -0.3 is 5.32 Å². The molecule has 3 heteroatoms. The van der Waals surface area contributed by atoms with E-state index in [9.17, 15) is 4.39 Å². The first-order valence-electron chi connectivity index (χ1n) is 3.71. The molecule has 0 spiro atoms. The van der Waals surface area contributed by atoms with E-state index in [2.05, 4.69) is 10.3 Å². The highest BCUT2D eigenvalue weighted by molar-refractivity contribution is 5.12. The van der Waals surface area contributed by atoms with Crippen LogP contribution < -0.4 is 5.32 Å². The highest BCUT2D eigenvalue weighted by atomic mass is 19.1. The first-order valence-corrected chi connectivity index (χ1v) is 3.71. The number of nitrogens with one attached hydrogen (secondary N) is 1. The number of aromatic nitrogens is 1. The third-order valence-electron chi connectivity index (χ3n) is 1.92. The largest absolute Gasteiger partial charge is 0.309 e. The number of pyridine rings is 1. The zero-order valence-corrected chi connectivity index (χ0v) is 6.05. The van der Waals surface area contributed by atoms with Gasteiger partial charge in [0.05, 0.1) is 11.7 Å². The topological polar surface area (TPSA) is 24.9 Å². The number of nitrogens with zero attached hydrogens (tertiary/aromatic N) is 1. The molecule has 1 aliphatic heterocycles. The summed E-state index contributed by atoms with van der Waals surface area (Å²) in [6.45, 7) is 1.02. The summed E-state index contributed by atoms with van der Waals surface area (Å²) in [5, 5.41) is 3.16. The second-order valence-electron chi connectivity index (χ2n) is 2.69. The van der Waals surface area contributed by atoms with Gasteiger partial charge in [-0.15, -0.1) is 0 Å². The molecule has 2 heterocycles. The summed E-state index contributed by atoms with van der Waals surface area (Å²) >= 11 is 0. The van der Waals surface area contributed by atoms with Gasteiger partial charge >= 0.3 is 0 Å². The van der Waals surface area contributed by atoms with Crippen molar-refractivity contribution in [2.75, 3.05) is 6.54 Å². The molecule has 1 aliphatic rings. The van der Waals surface area contributed by atoms with E-state index in [4.69, 9.17) is 0 Å². The maximum Gasteiger partial charge on any atom is 0.126 e. The summed E-state index contributed by atoms with van der Waals surface area (Å²) in [7, 11) is 0. The Morgan fingerprint density at radius 1 is 1.64 bits per heavy atom. The normalized spacial score (nSPS) is 22.8. The van der Waals surface area contributed by atoms with Crippen LogP contribution in [-0.4, -0.2) is 11.5 Å². The van der Waals surface area contributed by atoms with E-state index in [0.29, 0.717) is 0 Å². The molecule has 58 valence electrons. The second kappa shape index (κ2) is 2.58.